The zero-order valence-electron chi connectivity index (χ0n) is 65.3. The van der Waals surface area contributed by atoms with Crippen LogP contribution in [-0.4, -0.2) is 96.7 Å². The fraction of sp³-hybridized carbons (Fsp3) is 0.951. The Balaban J connectivity index is 5.26. The normalized spacial score (nSPS) is 13.8. The van der Waals surface area contributed by atoms with Crippen molar-refractivity contribution < 1.29 is 80.2 Å². The molecule has 0 spiro atoms. The molecule has 0 heterocycles. The van der Waals surface area contributed by atoms with Crippen LogP contribution in [0.2, 0.25) is 0 Å². The van der Waals surface area contributed by atoms with E-state index in [1.165, 1.54) is 257 Å². The van der Waals surface area contributed by atoms with Crippen LogP contribution in [0.15, 0.2) is 0 Å². The number of hydrogen-bond acceptors (Lipinski definition) is 15. The second-order valence-electron chi connectivity index (χ2n) is 29.6. The lowest BCUT2D eigenvalue weighted by atomic mass is 10.0. The van der Waals surface area contributed by atoms with Crippen LogP contribution >= 0.6 is 15.6 Å². The molecule has 5 atom stereocenters. The van der Waals surface area contributed by atoms with Crippen LogP contribution in [0.3, 0.4) is 0 Å². The van der Waals surface area contributed by atoms with E-state index in [9.17, 15) is 43.2 Å². The summed E-state index contributed by atoms with van der Waals surface area (Å²) in [6, 6.07) is 0. The summed E-state index contributed by atoms with van der Waals surface area (Å²) in [7, 11) is -9.92. The average Bonchev–Trinajstić information content (AvgIpc) is 0.930. The lowest BCUT2D eigenvalue weighted by Crippen LogP contribution is -2.30. The van der Waals surface area contributed by atoms with Gasteiger partial charge in [-0.1, -0.05) is 381 Å². The van der Waals surface area contributed by atoms with E-state index in [0.717, 1.165) is 95.8 Å². The van der Waals surface area contributed by atoms with Gasteiger partial charge in [-0.05, 0) is 31.6 Å². The molecule has 2 unspecified atom stereocenters. The standard InChI is InChI=1S/C81H158O17P2/c1-6-9-12-15-18-21-24-27-30-36-40-45-50-55-60-65-79(84)92-71-77(98-81(86)67-62-57-52-47-42-37-32-29-31-34-38-43-48-53-58-63-74(4)5)73-96-100(89,90)94-69-75(82)68-93-99(87,88)95-72-76(70-91-78(83)64-59-54-49-44-39-33-26-23-20-17-14-11-8-3)97-80(85)66-61-56-51-46-41-35-28-25-22-19-16-13-10-7-2/h74-77,82H,6-73H2,1-5H3,(H,87,88)(H,89,90)/t75-,76+,77+/m0/s1. The first kappa shape index (κ1) is 98.1. The number of carbonyl (C=O) groups is 4. The van der Waals surface area contributed by atoms with Gasteiger partial charge in [0.05, 0.1) is 26.4 Å². The van der Waals surface area contributed by atoms with Crippen molar-refractivity contribution >= 4 is 39.5 Å². The molecule has 0 bridgehead atoms. The SMILES string of the molecule is CCCCCCCCCCCCCCCCCC(=O)OC[C@H](COP(=O)(O)OC[C@@H](O)COP(=O)(O)OC[C@@H](COC(=O)CCCCCCCCCCCCCCC)OC(=O)CCCCCCCCCCCCCCCC)OC(=O)CCCCCCCCCCCCCCCCCC(C)C. The molecule has 0 saturated carbocycles. The van der Waals surface area contributed by atoms with Gasteiger partial charge < -0.3 is 33.8 Å². The molecule has 0 aromatic heterocycles. The topological polar surface area (TPSA) is 237 Å². The molecule has 0 aliphatic carbocycles. The number of aliphatic hydroxyl groups is 1. The first-order valence-corrected chi connectivity index (χ1v) is 45.1. The van der Waals surface area contributed by atoms with Crippen molar-refractivity contribution in [2.24, 2.45) is 5.92 Å². The van der Waals surface area contributed by atoms with E-state index in [-0.39, 0.29) is 25.7 Å². The second-order valence-corrected chi connectivity index (χ2v) is 32.5. The molecular weight excluding hydrogens is 1310 g/mol. The molecule has 0 aromatic rings. The number of phosphoric ester groups is 2. The quantitative estimate of drug-likeness (QED) is 0.0222. The Kier molecular flexibility index (Phi) is 72.5. The maximum Gasteiger partial charge on any atom is 0.472 e. The lowest BCUT2D eigenvalue weighted by Gasteiger charge is -2.21. The maximum atomic E-state index is 13.1. The molecule has 100 heavy (non-hydrogen) atoms. The highest BCUT2D eigenvalue weighted by atomic mass is 31.2. The number of ether oxygens (including phenoxy) is 4. The van der Waals surface area contributed by atoms with Crippen LogP contribution in [0.4, 0.5) is 0 Å². The predicted molar refractivity (Wildman–Crippen MR) is 409 cm³/mol. The summed E-state index contributed by atoms with van der Waals surface area (Å²) in [4.78, 5) is 73.1. The van der Waals surface area contributed by atoms with E-state index in [4.69, 9.17) is 37.0 Å². The second kappa shape index (κ2) is 73.9. The lowest BCUT2D eigenvalue weighted by molar-refractivity contribution is -0.161. The maximum absolute atomic E-state index is 13.1. The van der Waals surface area contributed by atoms with E-state index < -0.39 is 97.5 Å². The van der Waals surface area contributed by atoms with Gasteiger partial charge in [0.25, 0.3) is 0 Å². The van der Waals surface area contributed by atoms with Gasteiger partial charge in [-0.25, -0.2) is 9.13 Å². The fourth-order valence-electron chi connectivity index (χ4n) is 12.6. The first-order valence-electron chi connectivity index (χ1n) is 42.1. The Hall–Kier alpha value is -1.94. The minimum absolute atomic E-state index is 0.109. The van der Waals surface area contributed by atoms with Crippen molar-refractivity contribution in [3.63, 3.8) is 0 Å². The van der Waals surface area contributed by atoms with Crippen LogP contribution in [0, 0.1) is 5.92 Å². The third-order valence-corrected chi connectivity index (χ3v) is 20.9. The van der Waals surface area contributed by atoms with Crippen LogP contribution in [0.1, 0.15) is 433 Å². The van der Waals surface area contributed by atoms with Crippen molar-refractivity contribution in [2.45, 2.75) is 451 Å². The van der Waals surface area contributed by atoms with Gasteiger partial charge in [0.15, 0.2) is 12.2 Å². The number of esters is 4. The minimum atomic E-state index is -4.96. The smallest absolute Gasteiger partial charge is 0.462 e. The Morgan fingerprint density at radius 3 is 0.680 bits per heavy atom. The van der Waals surface area contributed by atoms with Crippen molar-refractivity contribution in [1.29, 1.82) is 0 Å². The van der Waals surface area contributed by atoms with Gasteiger partial charge in [0.1, 0.15) is 19.3 Å². The molecule has 0 amide bonds. The van der Waals surface area contributed by atoms with Crippen molar-refractivity contribution in [3.05, 3.63) is 0 Å². The summed E-state index contributed by atoms with van der Waals surface area (Å²) in [5.41, 5.74) is 0. The number of hydrogen-bond donors (Lipinski definition) is 3. The Morgan fingerprint density at radius 2 is 0.460 bits per heavy atom. The molecule has 0 aliphatic rings. The largest absolute Gasteiger partial charge is 0.472 e. The highest BCUT2D eigenvalue weighted by Crippen LogP contribution is 2.45. The van der Waals surface area contributed by atoms with E-state index >= 15 is 0 Å². The van der Waals surface area contributed by atoms with Gasteiger partial charge in [-0.15, -0.1) is 0 Å². The molecular formula is C81H158O17P2. The zero-order valence-corrected chi connectivity index (χ0v) is 67.1. The first-order chi connectivity index (χ1) is 48.5. The van der Waals surface area contributed by atoms with Crippen LogP contribution in [0.25, 0.3) is 0 Å². The van der Waals surface area contributed by atoms with Gasteiger partial charge in [-0.2, -0.15) is 0 Å². The molecule has 0 radical (unpaired) electrons. The summed E-state index contributed by atoms with van der Waals surface area (Å²) >= 11 is 0. The Morgan fingerprint density at radius 1 is 0.270 bits per heavy atom. The number of carbonyl (C=O) groups excluding carboxylic acids is 4. The van der Waals surface area contributed by atoms with E-state index in [0.29, 0.717) is 25.7 Å². The molecule has 0 rings (SSSR count). The summed E-state index contributed by atoms with van der Waals surface area (Å²) < 4.78 is 68.8. The predicted octanol–water partition coefficient (Wildman–Crippen LogP) is 24.4. The molecule has 0 saturated heterocycles. The summed E-state index contributed by atoms with van der Waals surface area (Å²) in [5.74, 6) is -1.30. The summed E-state index contributed by atoms with van der Waals surface area (Å²) in [6.45, 7) is 7.37. The number of rotatable bonds is 81. The Bertz CT molecular complexity index is 1910. The molecule has 3 N–H and O–H groups in total. The summed E-state index contributed by atoms with van der Waals surface area (Å²) in [6.07, 6.45) is 65.0. The van der Waals surface area contributed by atoms with E-state index in [1.807, 2.05) is 0 Å². The third-order valence-electron chi connectivity index (χ3n) is 19.0. The van der Waals surface area contributed by atoms with Crippen LogP contribution in [0.5, 0.6) is 0 Å². The molecule has 0 aromatic carbocycles. The minimum Gasteiger partial charge on any atom is -0.462 e. The molecule has 0 aliphatic heterocycles. The highest BCUT2D eigenvalue weighted by Gasteiger charge is 2.30. The Labute approximate surface area is 613 Å². The molecule has 19 heteroatoms. The summed E-state index contributed by atoms with van der Waals surface area (Å²) in [5, 5.41) is 10.6. The molecule has 594 valence electrons. The number of aliphatic hydroxyl groups excluding tert-OH is 1. The van der Waals surface area contributed by atoms with E-state index in [1.54, 1.807) is 0 Å². The molecule has 0 fully saturated rings. The van der Waals surface area contributed by atoms with Crippen LogP contribution < -0.4 is 0 Å². The van der Waals surface area contributed by atoms with Gasteiger partial charge in [0, 0.05) is 25.7 Å². The van der Waals surface area contributed by atoms with Crippen molar-refractivity contribution in [3.8, 4) is 0 Å². The third kappa shape index (κ3) is 74.3. The molecule has 17 nitrogen and oxygen atoms in total. The highest BCUT2D eigenvalue weighted by molar-refractivity contribution is 7.47. The van der Waals surface area contributed by atoms with Crippen molar-refractivity contribution in [1.82, 2.24) is 0 Å². The van der Waals surface area contributed by atoms with Gasteiger partial charge in [0.2, 0.25) is 0 Å². The number of phosphoric acid groups is 2. The monoisotopic (exact) mass is 1470 g/mol. The zero-order chi connectivity index (χ0) is 73.4. The fourth-order valence-corrected chi connectivity index (χ4v) is 14.2. The van der Waals surface area contributed by atoms with E-state index in [2.05, 4.69) is 34.6 Å². The van der Waals surface area contributed by atoms with Gasteiger partial charge >= 0.3 is 39.5 Å². The number of unbranched alkanes of at least 4 members (excludes halogenated alkanes) is 53. The average molecular weight is 1470 g/mol. The van der Waals surface area contributed by atoms with Gasteiger partial charge in [-0.3, -0.25) is 37.3 Å². The van der Waals surface area contributed by atoms with Crippen LogP contribution in [-0.2, 0) is 65.4 Å². The van der Waals surface area contributed by atoms with Crippen molar-refractivity contribution in [2.75, 3.05) is 39.6 Å².